The van der Waals surface area contributed by atoms with Gasteiger partial charge in [-0.05, 0) is 36.2 Å². The summed E-state index contributed by atoms with van der Waals surface area (Å²) >= 11 is 0. The van der Waals surface area contributed by atoms with Crippen LogP contribution in [-0.4, -0.2) is 59.8 Å². The molecule has 186 valence electrons. The van der Waals surface area contributed by atoms with Gasteiger partial charge < -0.3 is 14.4 Å². The quantitative estimate of drug-likeness (QED) is 0.302. The normalized spacial score (nSPS) is 19.8. The Morgan fingerprint density at radius 3 is 2.64 bits per heavy atom. The van der Waals surface area contributed by atoms with Crippen molar-refractivity contribution >= 4 is 23.3 Å². The molecule has 2 aromatic rings. The second kappa shape index (κ2) is 9.41. The van der Waals surface area contributed by atoms with E-state index in [1.165, 1.54) is 17.1 Å². The first-order valence-electron chi connectivity index (χ1n) is 11.3. The van der Waals surface area contributed by atoms with Crippen molar-refractivity contribution in [3.05, 3.63) is 53.6 Å². The Bertz CT molecular complexity index is 1270. The molecule has 1 unspecified atom stereocenters. The van der Waals surface area contributed by atoms with Crippen LogP contribution in [0, 0.1) is 11.5 Å². The minimum absolute atomic E-state index is 0.0594. The molecule has 3 aliphatic rings. The van der Waals surface area contributed by atoms with Gasteiger partial charge in [-0.2, -0.15) is 23.5 Å². The number of para-hydroxylation sites is 1. The number of nitrogens with one attached hydrogen (secondary N) is 1. The molecule has 36 heavy (non-hydrogen) atoms. The van der Waals surface area contributed by atoms with Gasteiger partial charge in [-0.25, -0.2) is 10.0 Å². The Morgan fingerprint density at radius 1 is 1.17 bits per heavy atom. The van der Waals surface area contributed by atoms with E-state index in [1.807, 2.05) is 6.19 Å². The Labute approximate surface area is 204 Å². The van der Waals surface area contributed by atoms with E-state index >= 15 is 0 Å². The summed E-state index contributed by atoms with van der Waals surface area (Å²) in [6.45, 7) is 1.43. The maximum atomic E-state index is 13.1. The molecule has 0 bridgehead atoms. The van der Waals surface area contributed by atoms with Gasteiger partial charge in [0.25, 0.3) is 0 Å². The number of amides is 1. The lowest BCUT2D eigenvalue weighted by Gasteiger charge is -2.26. The monoisotopic (exact) mass is 498 g/mol. The molecule has 0 aromatic heterocycles. The number of ether oxygens (including phenoxy) is 2. The first kappa shape index (κ1) is 23.5. The summed E-state index contributed by atoms with van der Waals surface area (Å²) in [4.78, 5) is 18.8. The molecular formula is C24H21F3N6O3. The zero-order chi connectivity index (χ0) is 25.3. The van der Waals surface area contributed by atoms with E-state index in [0.29, 0.717) is 61.1 Å². The molecule has 1 atom stereocenters. The van der Waals surface area contributed by atoms with Crippen molar-refractivity contribution in [1.29, 1.82) is 5.26 Å². The highest BCUT2D eigenvalue weighted by Gasteiger charge is 2.39. The highest BCUT2D eigenvalue weighted by Crippen LogP contribution is 2.39. The Balaban J connectivity index is 1.53. The lowest BCUT2D eigenvalue weighted by Crippen LogP contribution is -2.45. The fourth-order valence-corrected chi connectivity index (χ4v) is 4.41. The molecule has 12 heteroatoms. The summed E-state index contributed by atoms with van der Waals surface area (Å²) in [6.07, 6.45) is -1.55. The van der Waals surface area contributed by atoms with Crippen LogP contribution in [0.25, 0.3) is 0 Å². The number of alkyl halides is 3. The molecule has 2 aromatic carbocycles. The number of aliphatic imine (C=N–C) groups is 1. The van der Waals surface area contributed by atoms with E-state index in [1.54, 1.807) is 23.1 Å². The number of hydrogen-bond donors (Lipinski definition) is 1. The predicted molar refractivity (Wildman–Crippen MR) is 123 cm³/mol. The molecule has 3 heterocycles. The molecule has 1 saturated heterocycles. The van der Waals surface area contributed by atoms with Gasteiger partial charge in [-0.1, -0.05) is 18.2 Å². The van der Waals surface area contributed by atoms with Gasteiger partial charge >= 0.3 is 6.18 Å². The second-order valence-electron chi connectivity index (χ2n) is 8.32. The number of nitrogens with zero attached hydrogens (tertiary/aromatic N) is 5. The smallest absolute Gasteiger partial charge is 0.416 e. The Morgan fingerprint density at radius 2 is 1.94 bits per heavy atom. The number of guanidine groups is 1. The van der Waals surface area contributed by atoms with Crippen LogP contribution >= 0.6 is 0 Å². The van der Waals surface area contributed by atoms with Crippen LogP contribution in [0.1, 0.15) is 24.0 Å². The summed E-state index contributed by atoms with van der Waals surface area (Å²) in [5, 5.41) is 17.9. The lowest BCUT2D eigenvalue weighted by atomic mass is 10.0. The van der Waals surface area contributed by atoms with Crippen LogP contribution in [-0.2, 0) is 11.0 Å². The van der Waals surface area contributed by atoms with E-state index < -0.39 is 17.8 Å². The summed E-state index contributed by atoms with van der Waals surface area (Å²) in [5.41, 5.74) is 0.498. The Hall–Kier alpha value is -4.27. The molecule has 0 aliphatic carbocycles. The molecular weight excluding hydrogens is 477 g/mol. The van der Waals surface area contributed by atoms with Gasteiger partial charge in [-0.15, -0.1) is 0 Å². The van der Waals surface area contributed by atoms with E-state index in [2.05, 4.69) is 15.4 Å². The van der Waals surface area contributed by atoms with E-state index in [-0.39, 0.29) is 18.4 Å². The molecule has 3 aliphatic heterocycles. The fraction of sp³-hybridized carbons (Fsp3) is 0.333. The minimum Gasteiger partial charge on any atom is -0.486 e. The highest BCUT2D eigenvalue weighted by molar-refractivity contribution is 6.08. The number of hydrogen-bond acceptors (Lipinski definition) is 6. The van der Waals surface area contributed by atoms with Crippen molar-refractivity contribution in [2.45, 2.75) is 25.1 Å². The van der Waals surface area contributed by atoms with Crippen molar-refractivity contribution in [3.63, 3.8) is 0 Å². The zero-order valence-electron chi connectivity index (χ0n) is 19.0. The first-order valence-corrected chi connectivity index (χ1v) is 11.3. The highest BCUT2D eigenvalue weighted by atomic mass is 19.4. The van der Waals surface area contributed by atoms with Crippen LogP contribution in [0.2, 0.25) is 0 Å². The van der Waals surface area contributed by atoms with Crippen molar-refractivity contribution in [1.82, 2.24) is 15.2 Å². The van der Waals surface area contributed by atoms with Gasteiger partial charge in [-0.3, -0.25) is 10.1 Å². The molecule has 1 N–H and O–H groups in total. The average Bonchev–Trinajstić information content (AvgIpc) is 3.49. The number of carbonyl (C=O) groups excluding carboxylic acids is 1. The number of benzene rings is 2. The van der Waals surface area contributed by atoms with Gasteiger partial charge in [0.2, 0.25) is 11.9 Å². The molecule has 1 amide bonds. The summed E-state index contributed by atoms with van der Waals surface area (Å²) in [7, 11) is 0. The van der Waals surface area contributed by atoms with E-state index in [4.69, 9.17) is 9.47 Å². The van der Waals surface area contributed by atoms with Gasteiger partial charge in [0.05, 0.1) is 23.9 Å². The first-order chi connectivity index (χ1) is 17.3. The minimum atomic E-state index is -4.47. The maximum absolute atomic E-state index is 13.1. The van der Waals surface area contributed by atoms with Gasteiger partial charge in [0, 0.05) is 13.0 Å². The predicted octanol–water partition coefficient (Wildman–Crippen LogP) is 3.25. The third-order valence-electron chi connectivity index (χ3n) is 6.07. The van der Waals surface area contributed by atoms with Crippen LogP contribution < -0.4 is 14.8 Å². The third kappa shape index (κ3) is 4.51. The zero-order valence-corrected chi connectivity index (χ0v) is 19.0. The number of carbonyl (C=O) groups is 1. The van der Waals surface area contributed by atoms with Crippen molar-refractivity contribution < 1.29 is 27.4 Å². The van der Waals surface area contributed by atoms with E-state index in [0.717, 1.165) is 12.1 Å². The summed E-state index contributed by atoms with van der Waals surface area (Å²) < 4.78 is 50.5. The molecule has 0 saturated carbocycles. The molecule has 0 spiro atoms. The van der Waals surface area contributed by atoms with Crippen LogP contribution in [0.5, 0.6) is 11.5 Å². The second-order valence-corrected chi connectivity index (χ2v) is 8.32. The molecule has 1 fully saturated rings. The number of hydrazone groups is 1. The largest absolute Gasteiger partial charge is 0.486 e. The molecule has 5 rings (SSSR count). The van der Waals surface area contributed by atoms with Crippen molar-refractivity contribution in [2.75, 3.05) is 26.3 Å². The number of rotatable bonds is 3. The molecule has 9 nitrogen and oxygen atoms in total. The number of likely N-dealkylation sites (tertiary alicyclic amines) is 1. The third-order valence-corrected chi connectivity index (χ3v) is 6.07. The van der Waals surface area contributed by atoms with Crippen LogP contribution in [0.3, 0.4) is 0 Å². The maximum Gasteiger partial charge on any atom is 0.416 e. The SMILES string of the molecule is N#CNC(=Nc1cccc2c1OCCO2)N1CC(N2CCCC2=O)C(c2ccc(C(F)(F)F)cc2)=N1. The molecule has 0 radical (unpaired) electrons. The topological polar surface area (TPSA) is 103 Å². The standard InChI is InChI=1S/C24H21F3N6O3/c25-24(26,27)16-8-6-15(7-9-16)21-18(32-10-2-5-20(32)34)13-33(31-21)23(29-14-28)30-17-3-1-4-19-22(17)36-12-11-35-19/h1,3-4,6-9,18H,2,5,10-13H2,(H,29,30). The Kier molecular flexibility index (Phi) is 6.13. The van der Waals surface area contributed by atoms with Crippen molar-refractivity contribution in [3.8, 4) is 17.7 Å². The van der Waals surface area contributed by atoms with Crippen molar-refractivity contribution in [2.24, 2.45) is 10.1 Å². The number of nitriles is 1. The number of fused-ring (bicyclic) bond motifs is 1. The summed E-state index contributed by atoms with van der Waals surface area (Å²) in [5.74, 6) is 0.975. The fourth-order valence-electron chi connectivity index (χ4n) is 4.41. The van der Waals surface area contributed by atoms with Crippen LogP contribution in [0.4, 0.5) is 18.9 Å². The van der Waals surface area contributed by atoms with Crippen LogP contribution in [0.15, 0.2) is 52.6 Å². The summed E-state index contributed by atoms with van der Waals surface area (Å²) in [6, 6.07) is 9.31. The van der Waals surface area contributed by atoms with E-state index in [9.17, 15) is 23.2 Å². The lowest BCUT2D eigenvalue weighted by molar-refractivity contribution is -0.137. The number of halogens is 3. The van der Waals surface area contributed by atoms with Gasteiger partial charge in [0.15, 0.2) is 17.7 Å². The van der Waals surface area contributed by atoms with Gasteiger partial charge in [0.1, 0.15) is 18.9 Å². The average molecular weight is 498 g/mol.